The zero-order chi connectivity index (χ0) is 15.0. The van der Waals surface area contributed by atoms with Crippen molar-refractivity contribution < 1.29 is 4.74 Å². The minimum atomic E-state index is 0.397. The van der Waals surface area contributed by atoms with Gasteiger partial charge < -0.3 is 15.0 Å². The molecule has 0 aromatic heterocycles. The molecule has 3 nitrogen and oxygen atoms in total. The first kappa shape index (κ1) is 17.9. The van der Waals surface area contributed by atoms with Crippen molar-refractivity contribution in [2.75, 3.05) is 33.3 Å². The highest BCUT2D eigenvalue weighted by molar-refractivity contribution is 4.83. The van der Waals surface area contributed by atoms with E-state index in [2.05, 4.69) is 45.0 Å². The Hall–Kier alpha value is -0.120. The predicted octanol–water partition coefficient (Wildman–Crippen LogP) is 3.29. The Labute approximate surface area is 126 Å². The van der Waals surface area contributed by atoms with E-state index >= 15 is 0 Å². The van der Waals surface area contributed by atoms with Gasteiger partial charge in [0.2, 0.25) is 0 Å². The van der Waals surface area contributed by atoms with E-state index in [1.807, 2.05) is 0 Å². The molecular weight excluding hydrogens is 248 g/mol. The minimum absolute atomic E-state index is 0.397. The number of ether oxygens (including phenoxy) is 1. The fourth-order valence-corrected chi connectivity index (χ4v) is 3.14. The molecule has 1 saturated heterocycles. The molecule has 0 aromatic carbocycles. The van der Waals surface area contributed by atoms with Crippen molar-refractivity contribution >= 4 is 0 Å². The Morgan fingerprint density at radius 2 is 1.95 bits per heavy atom. The van der Waals surface area contributed by atoms with Crippen molar-refractivity contribution in [2.24, 2.45) is 5.41 Å². The van der Waals surface area contributed by atoms with Crippen LogP contribution in [0.15, 0.2) is 0 Å². The second-order valence-electron chi connectivity index (χ2n) is 6.93. The molecule has 1 aliphatic rings. The fraction of sp³-hybridized carbons (Fsp3) is 1.00. The van der Waals surface area contributed by atoms with E-state index in [-0.39, 0.29) is 0 Å². The molecule has 0 radical (unpaired) electrons. The normalized spacial score (nSPS) is 20.9. The van der Waals surface area contributed by atoms with E-state index in [0.717, 1.165) is 19.7 Å². The lowest BCUT2D eigenvalue weighted by molar-refractivity contribution is -0.00861. The summed E-state index contributed by atoms with van der Waals surface area (Å²) in [6, 6.07) is 0.569. The molecule has 1 rings (SSSR count). The zero-order valence-electron chi connectivity index (χ0n) is 14.4. The maximum atomic E-state index is 5.87. The van der Waals surface area contributed by atoms with Crippen molar-refractivity contribution in [1.82, 2.24) is 10.2 Å². The third kappa shape index (κ3) is 6.11. The van der Waals surface area contributed by atoms with E-state index < -0.39 is 0 Å². The smallest absolute Gasteiger partial charge is 0.0701 e. The molecule has 0 amide bonds. The van der Waals surface area contributed by atoms with Gasteiger partial charge in [0, 0.05) is 32.3 Å². The maximum absolute atomic E-state index is 5.87. The van der Waals surface area contributed by atoms with E-state index in [1.54, 1.807) is 0 Å². The van der Waals surface area contributed by atoms with Crippen LogP contribution >= 0.6 is 0 Å². The van der Waals surface area contributed by atoms with Crippen molar-refractivity contribution in [1.29, 1.82) is 0 Å². The third-order valence-corrected chi connectivity index (χ3v) is 4.78. The van der Waals surface area contributed by atoms with Crippen LogP contribution in [0.4, 0.5) is 0 Å². The zero-order valence-corrected chi connectivity index (χ0v) is 14.4. The summed E-state index contributed by atoms with van der Waals surface area (Å²) in [6.07, 6.45) is 6.74. The van der Waals surface area contributed by atoms with Gasteiger partial charge >= 0.3 is 0 Å². The Morgan fingerprint density at radius 3 is 2.45 bits per heavy atom. The maximum Gasteiger partial charge on any atom is 0.0701 e. The van der Waals surface area contributed by atoms with Gasteiger partial charge in [0.25, 0.3) is 0 Å². The summed E-state index contributed by atoms with van der Waals surface area (Å²) in [5.74, 6) is 0. The standard InChI is InChI=1S/C17H36N2O/c1-6-17(7-2,13-18-15(3)4)14-19(5)12-16-10-8-9-11-20-16/h15-16,18H,6-14H2,1-5H3. The lowest BCUT2D eigenvalue weighted by atomic mass is 9.81. The molecule has 0 aliphatic carbocycles. The minimum Gasteiger partial charge on any atom is -0.377 e. The van der Waals surface area contributed by atoms with Gasteiger partial charge in [-0.3, -0.25) is 0 Å². The van der Waals surface area contributed by atoms with Gasteiger partial charge in [0.1, 0.15) is 0 Å². The van der Waals surface area contributed by atoms with E-state index in [4.69, 9.17) is 4.74 Å². The summed E-state index contributed by atoms with van der Waals surface area (Å²) < 4.78 is 5.87. The van der Waals surface area contributed by atoms with Crippen molar-refractivity contribution in [3.63, 3.8) is 0 Å². The van der Waals surface area contributed by atoms with Crippen molar-refractivity contribution in [3.05, 3.63) is 0 Å². The average Bonchev–Trinajstić information content (AvgIpc) is 2.44. The molecule has 0 saturated carbocycles. The van der Waals surface area contributed by atoms with Crippen LogP contribution in [0.25, 0.3) is 0 Å². The first-order valence-electron chi connectivity index (χ1n) is 8.55. The van der Waals surface area contributed by atoms with E-state index in [0.29, 0.717) is 17.6 Å². The van der Waals surface area contributed by atoms with Crippen molar-refractivity contribution in [2.45, 2.75) is 71.9 Å². The summed E-state index contributed by atoms with van der Waals surface area (Å²) in [6.45, 7) is 13.5. The van der Waals surface area contributed by atoms with Crippen LogP contribution < -0.4 is 5.32 Å². The third-order valence-electron chi connectivity index (χ3n) is 4.78. The number of likely N-dealkylation sites (N-methyl/N-ethyl adjacent to an activating group) is 1. The highest BCUT2D eigenvalue weighted by Gasteiger charge is 2.28. The molecule has 1 heterocycles. The highest BCUT2D eigenvalue weighted by Crippen LogP contribution is 2.27. The largest absolute Gasteiger partial charge is 0.377 e. The molecule has 120 valence electrons. The number of nitrogens with zero attached hydrogens (tertiary/aromatic N) is 1. The van der Waals surface area contributed by atoms with Gasteiger partial charge in [-0.15, -0.1) is 0 Å². The van der Waals surface area contributed by atoms with Crippen molar-refractivity contribution in [3.8, 4) is 0 Å². The van der Waals surface area contributed by atoms with Crippen LogP contribution in [-0.2, 0) is 4.74 Å². The molecule has 1 unspecified atom stereocenters. The van der Waals surface area contributed by atoms with Crippen LogP contribution in [0.5, 0.6) is 0 Å². The quantitative estimate of drug-likeness (QED) is 0.703. The van der Waals surface area contributed by atoms with Gasteiger partial charge in [0.15, 0.2) is 0 Å². The molecule has 0 aromatic rings. The SMILES string of the molecule is CCC(CC)(CNC(C)C)CN(C)CC1CCCCO1. The monoisotopic (exact) mass is 284 g/mol. The molecule has 1 fully saturated rings. The summed E-state index contributed by atoms with van der Waals surface area (Å²) in [5, 5.41) is 3.64. The molecule has 1 N–H and O–H groups in total. The second kappa shape index (κ2) is 9.01. The van der Waals surface area contributed by atoms with Gasteiger partial charge in [-0.1, -0.05) is 27.7 Å². The van der Waals surface area contributed by atoms with Gasteiger partial charge in [0.05, 0.1) is 6.10 Å². The topological polar surface area (TPSA) is 24.5 Å². The van der Waals surface area contributed by atoms with E-state index in [1.165, 1.54) is 38.6 Å². The average molecular weight is 284 g/mol. The second-order valence-corrected chi connectivity index (χ2v) is 6.93. The molecule has 20 heavy (non-hydrogen) atoms. The number of hydrogen-bond donors (Lipinski definition) is 1. The molecular formula is C17H36N2O. The number of nitrogens with one attached hydrogen (secondary N) is 1. The van der Waals surface area contributed by atoms with Gasteiger partial charge in [-0.05, 0) is 44.6 Å². The Kier molecular flexibility index (Phi) is 8.08. The molecule has 0 bridgehead atoms. The molecule has 1 aliphatic heterocycles. The summed E-state index contributed by atoms with van der Waals surface area (Å²) >= 11 is 0. The fourth-order valence-electron chi connectivity index (χ4n) is 3.14. The summed E-state index contributed by atoms with van der Waals surface area (Å²) in [4.78, 5) is 2.49. The Bertz CT molecular complexity index is 245. The summed E-state index contributed by atoms with van der Waals surface area (Å²) in [7, 11) is 2.26. The number of rotatable bonds is 9. The molecule has 0 spiro atoms. The lowest BCUT2D eigenvalue weighted by Gasteiger charge is -2.38. The van der Waals surface area contributed by atoms with Gasteiger partial charge in [-0.25, -0.2) is 0 Å². The lowest BCUT2D eigenvalue weighted by Crippen LogP contribution is -2.46. The highest BCUT2D eigenvalue weighted by atomic mass is 16.5. The number of hydrogen-bond acceptors (Lipinski definition) is 3. The first-order chi connectivity index (χ1) is 9.51. The molecule has 1 atom stereocenters. The van der Waals surface area contributed by atoms with Gasteiger partial charge in [-0.2, -0.15) is 0 Å². The van der Waals surface area contributed by atoms with Crippen LogP contribution in [0, 0.1) is 5.41 Å². The molecule has 3 heteroatoms. The van der Waals surface area contributed by atoms with E-state index in [9.17, 15) is 0 Å². The Balaban J connectivity index is 2.45. The Morgan fingerprint density at radius 1 is 1.25 bits per heavy atom. The van der Waals surface area contributed by atoms with Crippen LogP contribution in [0.2, 0.25) is 0 Å². The predicted molar refractivity (Wildman–Crippen MR) is 87.2 cm³/mol. The van der Waals surface area contributed by atoms with Crippen LogP contribution in [-0.4, -0.2) is 50.3 Å². The van der Waals surface area contributed by atoms with Crippen LogP contribution in [0.3, 0.4) is 0 Å². The van der Waals surface area contributed by atoms with Crippen LogP contribution in [0.1, 0.15) is 59.8 Å². The summed E-state index contributed by atoms with van der Waals surface area (Å²) in [5.41, 5.74) is 0.397. The first-order valence-corrected chi connectivity index (χ1v) is 8.55.